The van der Waals surface area contributed by atoms with Crippen molar-refractivity contribution >= 4 is 23.3 Å². The third-order valence-corrected chi connectivity index (χ3v) is 2.78. The number of amides is 1. The van der Waals surface area contributed by atoms with Crippen molar-refractivity contribution in [3.63, 3.8) is 0 Å². The number of benzene rings is 2. The van der Waals surface area contributed by atoms with Crippen molar-refractivity contribution in [2.24, 2.45) is 0 Å². The van der Waals surface area contributed by atoms with Crippen LogP contribution < -0.4 is 11.1 Å². The summed E-state index contributed by atoms with van der Waals surface area (Å²) in [7, 11) is 0. The van der Waals surface area contributed by atoms with Crippen LogP contribution in [0.1, 0.15) is 20.7 Å². The number of halogens is 1. The van der Waals surface area contributed by atoms with Crippen molar-refractivity contribution < 1.29 is 24.2 Å². The monoisotopic (exact) mass is 290 g/mol. The quantitative estimate of drug-likeness (QED) is 0.510. The van der Waals surface area contributed by atoms with Crippen LogP contribution in [-0.4, -0.2) is 22.1 Å². The molecular formula is C14H11FN2O4. The minimum atomic E-state index is -1.34. The second-order valence-corrected chi connectivity index (χ2v) is 4.19. The molecule has 0 saturated heterocycles. The minimum Gasteiger partial charge on any atom is -0.507 e. The maximum absolute atomic E-state index is 13.3. The first kappa shape index (κ1) is 14.3. The van der Waals surface area contributed by atoms with Gasteiger partial charge in [0.05, 0.1) is 11.3 Å². The molecule has 7 heteroatoms. The number of aromatic hydroxyl groups is 1. The molecular weight excluding hydrogens is 279 g/mol. The van der Waals surface area contributed by atoms with Gasteiger partial charge in [0.15, 0.2) is 0 Å². The molecule has 0 atom stereocenters. The molecule has 0 unspecified atom stereocenters. The molecule has 2 aromatic carbocycles. The Balaban J connectivity index is 2.30. The van der Waals surface area contributed by atoms with E-state index in [1.807, 2.05) is 0 Å². The fraction of sp³-hybridized carbons (Fsp3) is 0. The molecule has 5 N–H and O–H groups in total. The Bertz CT molecular complexity index is 731. The van der Waals surface area contributed by atoms with E-state index in [0.717, 1.165) is 18.2 Å². The number of carboxylic acids is 1. The molecule has 0 aliphatic carbocycles. The second-order valence-electron chi connectivity index (χ2n) is 4.19. The number of carboxylic acid groups (broad SMARTS) is 1. The minimum absolute atomic E-state index is 0.0695. The van der Waals surface area contributed by atoms with Crippen LogP contribution in [0.25, 0.3) is 0 Å². The molecule has 0 aromatic heterocycles. The van der Waals surface area contributed by atoms with Gasteiger partial charge in [-0.15, -0.1) is 0 Å². The highest BCUT2D eigenvalue weighted by Gasteiger charge is 2.15. The summed E-state index contributed by atoms with van der Waals surface area (Å²) in [5, 5.41) is 20.6. The molecule has 0 aliphatic heterocycles. The van der Waals surface area contributed by atoms with Crippen LogP contribution in [-0.2, 0) is 0 Å². The van der Waals surface area contributed by atoms with Crippen molar-refractivity contribution in [2.75, 3.05) is 11.1 Å². The molecule has 0 bridgehead atoms. The fourth-order valence-corrected chi connectivity index (χ4v) is 1.72. The van der Waals surface area contributed by atoms with Gasteiger partial charge in [-0.3, -0.25) is 4.79 Å². The topological polar surface area (TPSA) is 113 Å². The first-order valence-corrected chi connectivity index (χ1v) is 5.82. The van der Waals surface area contributed by atoms with Gasteiger partial charge in [0.1, 0.15) is 17.1 Å². The van der Waals surface area contributed by atoms with Gasteiger partial charge < -0.3 is 21.3 Å². The summed E-state index contributed by atoms with van der Waals surface area (Å²) in [4.78, 5) is 22.9. The zero-order valence-electron chi connectivity index (χ0n) is 10.6. The van der Waals surface area contributed by atoms with E-state index in [4.69, 9.17) is 10.8 Å². The summed E-state index contributed by atoms with van der Waals surface area (Å²) in [5.74, 6) is -3.17. The van der Waals surface area contributed by atoms with Crippen LogP contribution in [0, 0.1) is 5.82 Å². The highest BCUT2D eigenvalue weighted by Crippen LogP contribution is 2.23. The van der Waals surface area contributed by atoms with Crippen LogP contribution in [0.5, 0.6) is 5.75 Å². The van der Waals surface area contributed by atoms with Crippen molar-refractivity contribution in [1.29, 1.82) is 0 Å². The van der Waals surface area contributed by atoms with Gasteiger partial charge in [0.25, 0.3) is 5.91 Å². The summed E-state index contributed by atoms with van der Waals surface area (Å²) >= 11 is 0. The van der Waals surface area contributed by atoms with Crippen molar-refractivity contribution in [2.45, 2.75) is 0 Å². The Labute approximate surface area is 118 Å². The number of carbonyl (C=O) groups excluding carboxylic acids is 1. The van der Waals surface area contributed by atoms with Gasteiger partial charge in [-0.25, -0.2) is 9.18 Å². The van der Waals surface area contributed by atoms with E-state index in [1.54, 1.807) is 0 Å². The highest BCUT2D eigenvalue weighted by molar-refractivity contribution is 6.08. The van der Waals surface area contributed by atoms with Crippen LogP contribution in [0.2, 0.25) is 0 Å². The van der Waals surface area contributed by atoms with E-state index >= 15 is 0 Å². The van der Waals surface area contributed by atoms with Crippen molar-refractivity contribution in [3.05, 3.63) is 53.3 Å². The molecule has 6 nitrogen and oxygen atoms in total. The van der Waals surface area contributed by atoms with E-state index in [2.05, 4.69) is 5.32 Å². The molecule has 2 aromatic rings. The van der Waals surface area contributed by atoms with Crippen molar-refractivity contribution in [1.82, 2.24) is 0 Å². The SMILES string of the molecule is Nc1c(F)cccc1C(=O)Nc1ccc(O)c(C(=O)O)c1. The van der Waals surface area contributed by atoms with Crippen LogP contribution in [0.4, 0.5) is 15.8 Å². The van der Waals surface area contributed by atoms with Crippen LogP contribution >= 0.6 is 0 Å². The lowest BCUT2D eigenvalue weighted by Crippen LogP contribution is -2.15. The van der Waals surface area contributed by atoms with Crippen LogP contribution in [0.15, 0.2) is 36.4 Å². The Hall–Kier alpha value is -3.09. The Morgan fingerprint density at radius 1 is 1.14 bits per heavy atom. The van der Waals surface area contributed by atoms with E-state index in [-0.39, 0.29) is 22.5 Å². The van der Waals surface area contributed by atoms with Gasteiger partial charge in [0.2, 0.25) is 0 Å². The molecule has 21 heavy (non-hydrogen) atoms. The van der Waals surface area contributed by atoms with Gasteiger partial charge in [-0.05, 0) is 30.3 Å². The lowest BCUT2D eigenvalue weighted by Gasteiger charge is -2.09. The summed E-state index contributed by atoms with van der Waals surface area (Å²) in [6, 6.07) is 7.33. The number of anilines is 2. The van der Waals surface area contributed by atoms with Gasteiger partial charge in [-0.1, -0.05) is 6.07 Å². The molecule has 108 valence electrons. The molecule has 0 heterocycles. The largest absolute Gasteiger partial charge is 0.507 e. The number of nitrogens with two attached hydrogens (primary N) is 1. The molecule has 0 saturated carbocycles. The number of para-hydroxylation sites is 1. The standard InChI is InChI=1S/C14H11FN2O4/c15-10-3-1-2-8(12(10)16)13(19)17-7-4-5-11(18)9(6-7)14(20)21/h1-6,18H,16H2,(H,17,19)(H,20,21). The molecule has 0 fully saturated rings. The number of hydrogen-bond acceptors (Lipinski definition) is 4. The number of hydrogen-bond donors (Lipinski definition) is 4. The third kappa shape index (κ3) is 2.92. The first-order chi connectivity index (χ1) is 9.90. The number of nitrogens with one attached hydrogen (secondary N) is 1. The number of carbonyl (C=O) groups is 2. The summed E-state index contributed by atoms with van der Waals surface area (Å²) in [5.41, 5.74) is 4.88. The average Bonchev–Trinajstić information content (AvgIpc) is 2.43. The summed E-state index contributed by atoms with van der Waals surface area (Å²) in [6.07, 6.45) is 0. The molecule has 2 rings (SSSR count). The van der Waals surface area contributed by atoms with Crippen LogP contribution in [0.3, 0.4) is 0 Å². The zero-order valence-corrected chi connectivity index (χ0v) is 10.6. The zero-order chi connectivity index (χ0) is 15.6. The Kier molecular flexibility index (Phi) is 3.75. The number of phenols is 1. The van der Waals surface area contributed by atoms with Gasteiger partial charge in [-0.2, -0.15) is 0 Å². The smallest absolute Gasteiger partial charge is 0.339 e. The predicted molar refractivity (Wildman–Crippen MR) is 73.8 cm³/mol. The molecule has 0 aliphatic rings. The van der Waals surface area contributed by atoms with Crippen molar-refractivity contribution in [3.8, 4) is 5.75 Å². The maximum atomic E-state index is 13.3. The van der Waals surface area contributed by atoms with Gasteiger partial charge >= 0.3 is 5.97 Å². The summed E-state index contributed by atoms with van der Waals surface area (Å²) in [6.45, 7) is 0. The Morgan fingerprint density at radius 3 is 2.52 bits per heavy atom. The lowest BCUT2D eigenvalue weighted by atomic mass is 10.1. The normalized spacial score (nSPS) is 10.1. The van der Waals surface area contributed by atoms with E-state index in [9.17, 15) is 19.1 Å². The lowest BCUT2D eigenvalue weighted by molar-refractivity contribution is 0.0693. The molecule has 1 amide bonds. The fourth-order valence-electron chi connectivity index (χ4n) is 1.72. The Morgan fingerprint density at radius 2 is 1.86 bits per heavy atom. The van der Waals surface area contributed by atoms with E-state index in [1.165, 1.54) is 18.2 Å². The molecule has 0 radical (unpaired) electrons. The highest BCUT2D eigenvalue weighted by atomic mass is 19.1. The molecule has 0 spiro atoms. The number of aromatic carboxylic acids is 1. The number of nitrogen functional groups attached to an aromatic ring is 1. The van der Waals surface area contributed by atoms with E-state index < -0.39 is 23.4 Å². The van der Waals surface area contributed by atoms with E-state index in [0.29, 0.717) is 0 Å². The average molecular weight is 290 g/mol. The summed E-state index contributed by atoms with van der Waals surface area (Å²) < 4.78 is 13.3. The predicted octanol–water partition coefficient (Wildman–Crippen LogP) is 2.06. The second kappa shape index (κ2) is 5.49. The third-order valence-electron chi connectivity index (χ3n) is 2.78. The first-order valence-electron chi connectivity index (χ1n) is 5.82. The number of rotatable bonds is 3. The van der Waals surface area contributed by atoms with Gasteiger partial charge in [0, 0.05) is 5.69 Å². The maximum Gasteiger partial charge on any atom is 0.339 e.